The zero-order chi connectivity index (χ0) is 101. The number of aromatic nitrogens is 11. The molecular weight excluding hydrogens is 1820 g/mol. The number of nitrogens with zero attached hydrogens (tertiary/aromatic N) is 21. The van der Waals surface area contributed by atoms with Crippen molar-refractivity contribution in [3.63, 3.8) is 0 Å². The molecule has 5 aliphatic heterocycles. The minimum atomic E-state index is 0.0273. The van der Waals surface area contributed by atoms with Gasteiger partial charge in [-0.25, -0.2) is 54.8 Å². The monoisotopic (exact) mass is 1930 g/mol. The highest BCUT2D eigenvalue weighted by Gasteiger charge is 2.45. The van der Waals surface area contributed by atoms with Crippen LogP contribution in [0, 0.1) is 69.2 Å². The Morgan fingerprint density at radius 3 is 0.815 bits per heavy atom. The zero-order valence-electron chi connectivity index (χ0n) is 86.0. The van der Waals surface area contributed by atoms with Gasteiger partial charge in [0.1, 0.15) is 30.8 Å². The van der Waals surface area contributed by atoms with Crippen LogP contribution in [0.1, 0.15) is 132 Å². The first-order valence-corrected chi connectivity index (χ1v) is 50.3. The zero-order valence-corrected chi connectivity index (χ0v) is 86.0. The third-order valence-corrected chi connectivity index (χ3v) is 29.1. The van der Waals surface area contributed by atoms with Gasteiger partial charge in [0.05, 0.1) is 51.2 Å². The number of rotatable bonds is 10. The van der Waals surface area contributed by atoms with Gasteiger partial charge in [0, 0.05) is 149 Å². The van der Waals surface area contributed by atoms with Crippen LogP contribution in [0.15, 0.2) is 290 Å². The van der Waals surface area contributed by atoms with Crippen molar-refractivity contribution in [3.8, 4) is 0 Å². The number of pyridine rings is 9. The van der Waals surface area contributed by atoms with Crippen molar-refractivity contribution < 1.29 is 22.1 Å². The van der Waals surface area contributed by atoms with Crippen molar-refractivity contribution >= 4 is 208 Å². The van der Waals surface area contributed by atoms with Crippen LogP contribution in [0.25, 0.3) is 110 Å². The average Bonchev–Trinajstić information content (AvgIpc) is 1.58. The van der Waals surface area contributed by atoms with Gasteiger partial charge >= 0.3 is 0 Å². The Morgan fingerprint density at radius 1 is 0.205 bits per heavy atom. The summed E-state index contributed by atoms with van der Waals surface area (Å²) < 4.78 is 31.7. The highest BCUT2D eigenvalue weighted by molar-refractivity contribution is 6.15. The maximum atomic E-state index is 6.37. The molecule has 15 aromatic heterocycles. The molecule has 0 N–H and O–H groups in total. The van der Waals surface area contributed by atoms with E-state index >= 15 is 0 Å². The van der Waals surface area contributed by atoms with E-state index in [2.05, 4.69) is 358 Å². The highest BCUT2D eigenvalue weighted by atomic mass is 16.4. The number of hydrogen-bond acceptors (Lipinski definition) is 26. The average molecular weight is 1930 g/mol. The second-order valence-corrected chi connectivity index (χ2v) is 39.6. The Labute approximate surface area is 846 Å². The SMILES string of the molecule is Cc1ccc2c(n1)oc1c(N3c4cccnc4N(C(C)C)C3C)c(C)ccc12.Cc1ccc2c(n1)oc1c(N3c4cccnc4N(c4ccccc4)C3C)c(C)ccc12.Cc1ccc2c(n1)oc1c(N3c4ncccc4N(C(C)C)C3C)c(C)ccc12.Cc1ccc2c(n1)oc1c(N3c4ncccc4N(c4ccccc4)C3C)c(C)ccc12.Cc1ccc2c(n1)oc1c(N3c4nccnc4N(C(C)C)C3C)c(C)ccc12. The van der Waals surface area contributed by atoms with Crippen LogP contribution in [-0.2, 0) is 0 Å². The largest absolute Gasteiger partial charge is 0.435 e. The first-order chi connectivity index (χ1) is 70.7. The number of benzene rings is 7. The van der Waals surface area contributed by atoms with Crippen molar-refractivity contribution in [3.05, 3.63) is 324 Å². The third kappa shape index (κ3) is 15.2. The summed E-state index contributed by atoms with van der Waals surface area (Å²) in [6, 6.07) is 80.5. The molecule has 0 saturated heterocycles. The first kappa shape index (κ1) is 92.7. The lowest BCUT2D eigenvalue weighted by Crippen LogP contribution is -2.42. The van der Waals surface area contributed by atoms with Gasteiger partial charge < -0.3 is 61.3 Å². The van der Waals surface area contributed by atoms with Gasteiger partial charge in [-0.1, -0.05) is 97.1 Å². The highest BCUT2D eigenvalue weighted by Crippen LogP contribution is 2.56. The number of furan rings is 5. The lowest BCUT2D eigenvalue weighted by atomic mass is 10.1. The van der Waals surface area contributed by atoms with Crippen LogP contribution in [0.5, 0.6) is 0 Å². The topological polar surface area (TPSA) is 240 Å². The molecule has 7 aromatic carbocycles. The number of fused-ring (bicyclic) bond motifs is 20. The molecule has 0 aliphatic carbocycles. The molecule has 0 saturated carbocycles. The Morgan fingerprint density at radius 2 is 0.452 bits per heavy atom. The Hall–Kier alpha value is -17.0. The maximum absolute atomic E-state index is 6.37. The lowest BCUT2D eigenvalue weighted by molar-refractivity contribution is 0.597. The Bertz CT molecular complexity index is 8200. The molecule has 22 aromatic rings. The Balaban J connectivity index is 0.000000101. The number of anilines is 17. The third-order valence-electron chi connectivity index (χ3n) is 29.1. The van der Waals surface area contributed by atoms with Crippen molar-refractivity contribution in [1.29, 1.82) is 0 Å². The molecule has 730 valence electrons. The van der Waals surface area contributed by atoms with E-state index in [4.69, 9.17) is 42.0 Å². The lowest BCUT2D eigenvalue weighted by Gasteiger charge is -2.33. The smallest absolute Gasteiger partial charge is 0.227 e. The van der Waals surface area contributed by atoms with Crippen LogP contribution in [-0.4, -0.2) is 104 Å². The molecule has 146 heavy (non-hydrogen) atoms. The normalized spacial score (nSPS) is 16.2. The van der Waals surface area contributed by atoms with Gasteiger partial charge in [-0.05, 0) is 307 Å². The van der Waals surface area contributed by atoms with E-state index in [1.807, 2.05) is 126 Å². The molecule has 0 bridgehead atoms. The van der Waals surface area contributed by atoms with E-state index in [0.29, 0.717) is 46.7 Å². The molecule has 0 fully saturated rings. The van der Waals surface area contributed by atoms with Crippen molar-refractivity contribution in [2.45, 2.75) is 194 Å². The predicted octanol–water partition coefficient (Wildman–Crippen LogP) is 29.8. The van der Waals surface area contributed by atoms with Crippen LogP contribution in [0.3, 0.4) is 0 Å². The maximum Gasteiger partial charge on any atom is 0.227 e. The Kier molecular flexibility index (Phi) is 23.1. The molecule has 0 spiro atoms. The second-order valence-electron chi connectivity index (χ2n) is 39.6. The predicted molar refractivity (Wildman–Crippen MR) is 592 cm³/mol. The molecule has 20 heterocycles. The van der Waals surface area contributed by atoms with Gasteiger partial charge in [0.2, 0.25) is 28.6 Å². The van der Waals surface area contributed by atoms with Gasteiger partial charge in [-0.3, -0.25) is 9.80 Å². The van der Waals surface area contributed by atoms with Gasteiger partial charge in [0.25, 0.3) is 0 Å². The minimum Gasteiger partial charge on any atom is -0.435 e. The number of para-hydroxylation sites is 2. The van der Waals surface area contributed by atoms with Crippen LogP contribution < -0.4 is 49.0 Å². The van der Waals surface area contributed by atoms with Gasteiger partial charge in [0.15, 0.2) is 62.8 Å². The van der Waals surface area contributed by atoms with Gasteiger partial charge in [-0.2, -0.15) is 0 Å². The molecule has 0 radical (unpaired) electrons. The quantitative estimate of drug-likeness (QED) is 0.124. The summed E-state index contributed by atoms with van der Waals surface area (Å²) in [5.41, 5.74) is 30.3. The number of aryl methyl sites for hydroxylation is 10. The van der Waals surface area contributed by atoms with E-state index in [1.54, 1.807) is 12.4 Å². The molecular formula is C120H115N21O5. The summed E-state index contributed by atoms with van der Waals surface area (Å²) >= 11 is 0. The fourth-order valence-corrected chi connectivity index (χ4v) is 22.6. The summed E-state index contributed by atoms with van der Waals surface area (Å²) in [5.74, 6) is 5.65. The molecule has 5 unspecified atom stereocenters. The summed E-state index contributed by atoms with van der Waals surface area (Å²) in [5, 5.41) is 10.6. The van der Waals surface area contributed by atoms with E-state index in [0.717, 1.165) is 230 Å². The van der Waals surface area contributed by atoms with Crippen LogP contribution in [0.4, 0.5) is 97.5 Å². The van der Waals surface area contributed by atoms with E-state index in [-0.39, 0.29) is 30.8 Å². The summed E-state index contributed by atoms with van der Waals surface area (Å²) in [6.07, 6.45) is 11.3. The standard InChI is InChI=1S/2C26H22N4O.2C23H24N4O.C22H23N5O/c1-16-11-13-20-21-14-12-17(2)28-26(21)31-24(20)23(16)30-18(3)29(19-8-5-4-6-9-19)25-22(30)10-7-15-27-25;1-16-11-13-20-21-14-12-17(2)28-26(21)31-24(20)23(16)30-18(3)29(19-8-5-4-6-9-19)22-10-7-15-27-25(22)30;1-13(2)26-16(5)27(19-7-6-12-24-22(19)26)20-14(3)8-10-17-18-11-9-15(4)25-23(18)28-21(17)20;1-13(2)26-16(5)27(22-19(26)7-6-12-24-22)20-14(3)8-10-17-18-11-9-15(4)25-23(18)28-21(17)20;1-12(2)26-15(5)27(21-20(26)23-10-11-24-21)18-13(3)6-8-16-17-9-7-14(4)25-22(17)28-19(16)18/h2*4-15,18H,1-3H3;2*6-13,16H,1-5H3;6-12,15H,1-5H3. The van der Waals surface area contributed by atoms with Gasteiger partial charge in [-0.15, -0.1) is 0 Å². The fraction of sp³-hybridized carbons (Fsp3) is 0.242. The van der Waals surface area contributed by atoms with E-state index < -0.39 is 0 Å². The molecule has 26 nitrogen and oxygen atoms in total. The van der Waals surface area contributed by atoms with E-state index in [9.17, 15) is 0 Å². The summed E-state index contributed by atoms with van der Waals surface area (Å²) in [4.78, 5) is 74.5. The number of hydrogen-bond donors (Lipinski definition) is 0. The molecule has 0 amide bonds. The molecule has 5 aliphatic rings. The fourth-order valence-electron chi connectivity index (χ4n) is 22.6. The van der Waals surface area contributed by atoms with Crippen LogP contribution >= 0.6 is 0 Å². The first-order valence-electron chi connectivity index (χ1n) is 50.3. The van der Waals surface area contributed by atoms with E-state index in [1.165, 1.54) is 5.56 Å². The molecule has 26 heteroatoms. The second kappa shape index (κ2) is 36.4. The summed E-state index contributed by atoms with van der Waals surface area (Å²) in [6.45, 7) is 44.8. The van der Waals surface area contributed by atoms with Crippen LogP contribution in [0.2, 0.25) is 0 Å². The van der Waals surface area contributed by atoms with Crippen molar-refractivity contribution in [1.82, 2.24) is 54.8 Å². The minimum absolute atomic E-state index is 0.0273. The molecule has 27 rings (SSSR count). The van der Waals surface area contributed by atoms with Crippen molar-refractivity contribution in [2.75, 3.05) is 49.0 Å². The summed E-state index contributed by atoms with van der Waals surface area (Å²) in [7, 11) is 0. The van der Waals surface area contributed by atoms with Crippen molar-refractivity contribution in [2.24, 2.45) is 0 Å². The molecule has 5 atom stereocenters.